The minimum Gasteiger partial charge on any atom is -0.317 e. The molecule has 1 heterocycles. The van der Waals surface area contributed by atoms with Crippen LogP contribution < -0.4 is 16.4 Å². The summed E-state index contributed by atoms with van der Waals surface area (Å²) in [6.45, 7) is 2.08. The number of nitrogens with one attached hydrogen (secondary N) is 2. The maximum atomic E-state index is 11.1. The van der Waals surface area contributed by atoms with Crippen LogP contribution in [0.25, 0.3) is 0 Å². The van der Waals surface area contributed by atoms with Crippen molar-refractivity contribution in [3.63, 3.8) is 0 Å². The number of nitrogens with zero attached hydrogens (tertiary/aromatic N) is 2. The summed E-state index contributed by atoms with van der Waals surface area (Å²) in [5.41, 5.74) is -1.42. The molecule has 0 aliphatic carbocycles. The fraction of sp³-hybridized carbons (Fsp3) is 0.667. The van der Waals surface area contributed by atoms with Crippen LogP contribution in [0.2, 0.25) is 0 Å². The lowest BCUT2D eigenvalue weighted by atomic mass is 10.3. The summed E-state index contributed by atoms with van der Waals surface area (Å²) in [7, 11) is 3.57. The molecule has 0 saturated carbocycles. The maximum absolute atomic E-state index is 11.1. The van der Waals surface area contributed by atoms with E-state index < -0.39 is 11.1 Å². The van der Waals surface area contributed by atoms with Gasteiger partial charge in [-0.15, -0.1) is 0 Å². The van der Waals surface area contributed by atoms with Crippen LogP contribution in [-0.4, -0.2) is 33.6 Å². The minimum atomic E-state index is -0.734. The van der Waals surface area contributed by atoms with Gasteiger partial charge in [0.25, 0.3) is 0 Å². The first-order valence-electron chi connectivity index (χ1n) is 5.02. The topological polar surface area (TPSA) is 79.8 Å². The van der Waals surface area contributed by atoms with E-state index in [1.807, 2.05) is 7.05 Å². The number of H-pyrrole nitrogens is 1. The van der Waals surface area contributed by atoms with Gasteiger partial charge in [0, 0.05) is 18.8 Å². The Kier molecular flexibility index (Phi) is 4.75. The number of aryl methyl sites for hydroxylation is 1. The molecule has 1 aromatic heterocycles. The van der Waals surface area contributed by atoms with Gasteiger partial charge in [-0.1, -0.05) is 11.8 Å². The van der Waals surface area contributed by atoms with Crippen molar-refractivity contribution in [2.45, 2.75) is 24.5 Å². The van der Waals surface area contributed by atoms with Crippen LogP contribution in [0.15, 0.2) is 14.7 Å². The Bertz CT molecular complexity index is 454. The van der Waals surface area contributed by atoms with Gasteiger partial charge in [-0.25, -0.2) is 0 Å². The third-order valence-corrected chi connectivity index (χ3v) is 3.29. The van der Waals surface area contributed by atoms with Crippen molar-refractivity contribution in [2.75, 3.05) is 12.8 Å². The first-order valence-corrected chi connectivity index (χ1v) is 6.00. The van der Waals surface area contributed by atoms with Crippen LogP contribution in [0.5, 0.6) is 0 Å². The quantitative estimate of drug-likeness (QED) is 0.542. The average molecular weight is 244 g/mol. The van der Waals surface area contributed by atoms with Gasteiger partial charge in [-0.2, -0.15) is 4.98 Å². The molecular weight excluding hydrogens is 228 g/mol. The van der Waals surface area contributed by atoms with E-state index in [4.69, 9.17) is 0 Å². The first kappa shape index (κ1) is 13.0. The van der Waals surface area contributed by atoms with E-state index in [-0.39, 0.29) is 0 Å². The van der Waals surface area contributed by atoms with Gasteiger partial charge >= 0.3 is 11.1 Å². The van der Waals surface area contributed by atoms with Crippen LogP contribution in [0.3, 0.4) is 0 Å². The van der Waals surface area contributed by atoms with Gasteiger partial charge in [-0.3, -0.25) is 19.4 Å². The van der Waals surface area contributed by atoms with E-state index >= 15 is 0 Å². The first-order chi connectivity index (χ1) is 7.54. The van der Waals surface area contributed by atoms with Crippen molar-refractivity contribution in [3.8, 4) is 0 Å². The van der Waals surface area contributed by atoms with Crippen molar-refractivity contribution in [1.29, 1.82) is 0 Å². The van der Waals surface area contributed by atoms with Crippen LogP contribution in [0, 0.1) is 0 Å². The zero-order valence-corrected chi connectivity index (χ0v) is 10.4. The third kappa shape index (κ3) is 3.49. The van der Waals surface area contributed by atoms with Gasteiger partial charge in [-0.05, 0) is 20.4 Å². The van der Waals surface area contributed by atoms with E-state index in [1.54, 1.807) is 7.05 Å². The van der Waals surface area contributed by atoms with E-state index in [0.717, 1.165) is 12.2 Å². The molecule has 90 valence electrons. The van der Waals surface area contributed by atoms with Crippen molar-refractivity contribution < 1.29 is 0 Å². The molecule has 0 aromatic carbocycles. The number of hydrogen-bond donors (Lipinski definition) is 2. The number of thioether (sulfide) groups is 1. The van der Waals surface area contributed by atoms with Crippen LogP contribution in [-0.2, 0) is 7.05 Å². The molecule has 1 atom stereocenters. The molecular formula is C9H16N4O2S. The molecule has 0 bridgehead atoms. The molecule has 0 saturated heterocycles. The molecule has 7 heteroatoms. The Hall–Kier alpha value is -1.08. The molecule has 16 heavy (non-hydrogen) atoms. The summed E-state index contributed by atoms with van der Waals surface area (Å²) in [6.07, 6.45) is 0.968. The lowest BCUT2D eigenvalue weighted by molar-refractivity contribution is 0.586. The standard InChI is InChI=1S/C9H16N4O2S/c1-6(10-2)4-5-16-9-11-7(14)8(15)12-13(9)3/h6,10H,4-5H2,1-3H3,(H,12,15). The van der Waals surface area contributed by atoms with E-state index in [9.17, 15) is 9.59 Å². The summed E-state index contributed by atoms with van der Waals surface area (Å²) < 4.78 is 1.47. The highest BCUT2D eigenvalue weighted by Gasteiger charge is 2.05. The molecule has 0 spiro atoms. The summed E-state index contributed by atoms with van der Waals surface area (Å²) in [5.74, 6) is 0.842. The fourth-order valence-corrected chi connectivity index (χ4v) is 2.10. The molecule has 6 nitrogen and oxygen atoms in total. The molecule has 0 aliphatic rings. The SMILES string of the molecule is CNC(C)CCSc1nc(=O)c(=O)[nH]n1C. The highest BCUT2D eigenvalue weighted by atomic mass is 32.2. The number of hydrogen-bond acceptors (Lipinski definition) is 5. The number of rotatable bonds is 5. The summed E-state index contributed by atoms with van der Waals surface area (Å²) in [6, 6.07) is 0.423. The van der Waals surface area contributed by atoms with Gasteiger partial charge in [0.05, 0.1) is 0 Å². The van der Waals surface area contributed by atoms with Crippen LogP contribution >= 0.6 is 11.8 Å². The van der Waals surface area contributed by atoms with Crippen molar-refractivity contribution in [1.82, 2.24) is 20.1 Å². The molecule has 2 N–H and O–H groups in total. The molecule has 1 rings (SSSR count). The predicted octanol–water partition coefficient (Wildman–Crippen LogP) is -0.441. The second kappa shape index (κ2) is 5.86. The zero-order valence-electron chi connectivity index (χ0n) is 9.61. The Morgan fingerprint density at radius 2 is 2.25 bits per heavy atom. The molecule has 1 unspecified atom stereocenters. The smallest absolute Gasteiger partial charge is 0.317 e. The Morgan fingerprint density at radius 3 is 2.88 bits per heavy atom. The van der Waals surface area contributed by atoms with E-state index in [2.05, 4.69) is 22.3 Å². The lowest BCUT2D eigenvalue weighted by Gasteiger charge is -2.09. The second-order valence-electron chi connectivity index (χ2n) is 3.53. The Labute approximate surface area is 97.5 Å². The minimum absolute atomic E-state index is 0.423. The van der Waals surface area contributed by atoms with Gasteiger partial charge < -0.3 is 5.32 Å². The summed E-state index contributed by atoms with van der Waals surface area (Å²) in [5, 5.41) is 6.07. The van der Waals surface area contributed by atoms with Gasteiger partial charge in [0.2, 0.25) is 0 Å². The van der Waals surface area contributed by atoms with Gasteiger partial charge in [0.15, 0.2) is 5.16 Å². The van der Waals surface area contributed by atoms with Gasteiger partial charge in [0.1, 0.15) is 0 Å². The van der Waals surface area contributed by atoms with Crippen molar-refractivity contribution in [2.24, 2.45) is 7.05 Å². The highest BCUT2D eigenvalue weighted by Crippen LogP contribution is 2.13. The summed E-state index contributed by atoms with van der Waals surface area (Å²) in [4.78, 5) is 25.7. The third-order valence-electron chi connectivity index (χ3n) is 2.22. The molecule has 0 fully saturated rings. The van der Waals surface area contributed by atoms with E-state index in [0.29, 0.717) is 11.2 Å². The Morgan fingerprint density at radius 1 is 1.56 bits per heavy atom. The fourth-order valence-electron chi connectivity index (χ4n) is 1.06. The number of aromatic amines is 1. The van der Waals surface area contributed by atoms with Crippen LogP contribution in [0.4, 0.5) is 0 Å². The van der Waals surface area contributed by atoms with E-state index in [1.165, 1.54) is 16.4 Å². The molecule has 0 amide bonds. The lowest BCUT2D eigenvalue weighted by Crippen LogP contribution is -2.34. The monoisotopic (exact) mass is 244 g/mol. The second-order valence-corrected chi connectivity index (χ2v) is 4.59. The average Bonchev–Trinajstić information content (AvgIpc) is 2.25. The number of aromatic nitrogens is 3. The van der Waals surface area contributed by atoms with Crippen LogP contribution in [0.1, 0.15) is 13.3 Å². The largest absolute Gasteiger partial charge is 0.339 e. The molecule has 0 aliphatic heterocycles. The highest BCUT2D eigenvalue weighted by molar-refractivity contribution is 7.99. The Balaban J connectivity index is 2.64. The van der Waals surface area contributed by atoms with Crippen molar-refractivity contribution in [3.05, 3.63) is 20.7 Å². The summed E-state index contributed by atoms with van der Waals surface area (Å²) >= 11 is 1.46. The molecule has 1 aromatic rings. The maximum Gasteiger partial charge on any atom is 0.339 e. The predicted molar refractivity (Wildman–Crippen MR) is 64.0 cm³/mol. The molecule has 0 radical (unpaired) electrons. The zero-order chi connectivity index (χ0) is 12.1. The normalized spacial score (nSPS) is 12.7. The van der Waals surface area contributed by atoms with Crippen molar-refractivity contribution >= 4 is 11.8 Å².